The van der Waals surface area contributed by atoms with E-state index < -0.39 is 17.5 Å². The van der Waals surface area contributed by atoms with E-state index in [-0.39, 0.29) is 24.1 Å². The predicted octanol–water partition coefficient (Wildman–Crippen LogP) is 1.60. The van der Waals surface area contributed by atoms with Crippen molar-refractivity contribution in [2.24, 2.45) is 10.2 Å². The topological polar surface area (TPSA) is 119 Å². The number of carboxylic acids is 1. The summed E-state index contributed by atoms with van der Waals surface area (Å²) < 4.78 is 17.2. The van der Waals surface area contributed by atoms with Crippen molar-refractivity contribution in [3.05, 3.63) is 28.2 Å². The molecule has 2 aliphatic heterocycles. The van der Waals surface area contributed by atoms with Crippen molar-refractivity contribution < 1.29 is 28.9 Å². The number of nitrogens with zero attached hydrogens (tertiary/aromatic N) is 2. The second-order valence-corrected chi connectivity index (χ2v) is 7.61. The fourth-order valence-corrected chi connectivity index (χ4v) is 3.60. The molecule has 3 rings (SSSR count). The minimum atomic E-state index is -1.04. The van der Waals surface area contributed by atoms with Gasteiger partial charge in [0.25, 0.3) is 0 Å². The van der Waals surface area contributed by atoms with Gasteiger partial charge in [-0.05, 0) is 18.2 Å². The number of hydrogen-bond acceptors (Lipinski definition) is 8. The average Bonchev–Trinajstić information content (AvgIpc) is 3.24. The molecule has 0 bridgehead atoms. The Labute approximate surface area is 167 Å². The molecule has 144 valence electrons. The number of ether oxygens (including phenoxy) is 3. The van der Waals surface area contributed by atoms with Crippen LogP contribution in [-0.4, -0.2) is 59.7 Å². The van der Waals surface area contributed by atoms with E-state index in [1.165, 1.54) is 6.21 Å². The summed E-state index contributed by atoms with van der Waals surface area (Å²) in [5.41, 5.74) is 0.670. The number of carbonyl (C=O) groups excluding carboxylic acids is 1. The number of aliphatic carboxylic acids is 1. The first-order chi connectivity index (χ1) is 13.0. The molecule has 0 aliphatic carbocycles. The molecule has 11 heteroatoms. The first-order valence-electron chi connectivity index (χ1n) is 7.97. The predicted molar refractivity (Wildman–Crippen MR) is 102 cm³/mol. The Balaban J connectivity index is 1.64. The van der Waals surface area contributed by atoms with Crippen molar-refractivity contribution in [2.45, 2.75) is 18.0 Å². The molecule has 0 aromatic heterocycles. The van der Waals surface area contributed by atoms with E-state index in [0.717, 1.165) is 16.2 Å². The van der Waals surface area contributed by atoms with Crippen LogP contribution < -0.4 is 10.1 Å². The zero-order valence-electron chi connectivity index (χ0n) is 14.0. The molecular weight excluding hydrogens is 442 g/mol. The second kappa shape index (κ2) is 9.31. The summed E-state index contributed by atoms with van der Waals surface area (Å²) in [4.78, 5) is 22.4. The summed E-state index contributed by atoms with van der Waals surface area (Å²) in [7, 11) is 0. The molecule has 0 saturated carbocycles. The molecule has 2 fully saturated rings. The Kier molecular flexibility index (Phi) is 6.83. The molecule has 0 spiro atoms. The number of thioether (sulfide) groups is 1. The number of carbonyl (C=O) groups is 2. The van der Waals surface area contributed by atoms with E-state index in [0.29, 0.717) is 24.5 Å². The minimum absolute atomic E-state index is 0.250. The van der Waals surface area contributed by atoms with E-state index in [9.17, 15) is 9.59 Å². The maximum atomic E-state index is 11.7. The van der Waals surface area contributed by atoms with Gasteiger partial charge in [0.2, 0.25) is 5.91 Å². The van der Waals surface area contributed by atoms with E-state index in [2.05, 4.69) is 31.4 Å². The number of benzene rings is 1. The molecule has 1 unspecified atom stereocenters. The number of nitrogens with one attached hydrogen (secondary N) is 1. The Morgan fingerprint density at radius 2 is 2.22 bits per heavy atom. The highest BCUT2D eigenvalue weighted by molar-refractivity contribution is 9.10. The smallest absolute Gasteiger partial charge is 0.305 e. The molecule has 2 N–H and O–H groups in total. The van der Waals surface area contributed by atoms with Crippen LogP contribution in [0.5, 0.6) is 5.75 Å². The number of carboxylic acid groups (broad SMARTS) is 1. The zero-order chi connectivity index (χ0) is 19.2. The highest BCUT2D eigenvalue weighted by Gasteiger charge is 2.32. The summed E-state index contributed by atoms with van der Waals surface area (Å²) in [6.45, 7) is 1.35. The Morgan fingerprint density at radius 3 is 2.96 bits per heavy atom. The van der Waals surface area contributed by atoms with Gasteiger partial charge in [0.15, 0.2) is 11.5 Å². The van der Waals surface area contributed by atoms with Crippen LogP contribution in [0.1, 0.15) is 12.0 Å². The van der Waals surface area contributed by atoms with Gasteiger partial charge in [0.1, 0.15) is 17.6 Å². The van der Waals surface area contributed by atoms with E-state index >= 15 is 0 Å². The van der Waals surface area contributed by atoms with Gasteiger partial charge in [-0.25, -0.2) is 0 Å². The zero-order valence-corrected chi connectivity index (χ0v) is 16.4. The third kappa shape index (κ3) is 5.76. The number of halogens is 1. The van der Waals surface area contributed by atoms with Crippen LogP contribution >= 0.6 is 27.7 Å². The first-order valence-corrected chi connectivity index (χ1v) is 9.64. The van der Waals surface area contributed by atoms with E-state index in [1.54, 1.807) is 6.07 Å². The van der Waals surface area contributed by atoms with Crippen molar-refractivity contribution in [3.63, 3.8) is 0 Å². The van der Waals surface area contributed by atoms with Crippen molar-refractivity contribution in [1.82, 2.24) is 5.32 Å². The van der Waals surface area contributed by atoms with Crippen LogP contribution in [0.4, 0.5) is 0 Å². The van der Waals surface area contributed by atoms with Crippen LogP contribution in [0, 0.1) is 0 Å². The molecule has 27 heavy (non-hydrogen) atoms. The van der Waals surface area contributed by atoms with Gasteiger partial charge in [-0.2, -0.15) is 5.10 Å². The molecule has 1 atom stereocenters. The van der Waals surface area contributed by atoms with Gasteiger partial charge < -0.3 is 24.6 Å². The van der Waals surface area contributed by atoms with Gasteiger partial charge in [0.05, 0.1) is 25.8 Å². The van der Waals surface area contributed by atoms with Crippen molar-refractivity contribution in [2.75, 3.05) is 19.8 Å². The molecule has 9 nitrogen and oxygen atoms in total. The molecule has 1 aromatic carbocycles. The van der Waals surface area contributed by atoms with Crippen molar-refractivity contribution >= 4 is 51.0 Å². The molecule has 0 radical (unpaired) electrons. The number of amidine groups is 1. The quantitative estimate of drug-likeness (QED) is 0.471. The molecule has 2 aliphatic rings. The summed E-state index contributed by atoms with van der Waals surface area (Å²) >= 11 is 4.43. The lowest BCUT2D eigenvalue weighted by Crippen LogP contribution is -2.26. The highest BCUT2D eigenvalue weighted by atomic mass is 79.9. The van der Waals surface area contributed by atoms with Crippen LogP contribution in [0.3, 0.4) is 0 Å². The van der Waals surface area contributed by atoms with E-state index in [4.69, 9.17) is 19.3 Å². The van der Waals surface area contributed by atoms with Crippen LogP contribution in [0.25, 0.3) is 0 Å². The SMILES string of the molecule is O=C(O)CC1SC(=NN=Cc2cc(Br)ccc2OCC2OCCO2)NC1=O. The summed E-state index contributed by atoms with van der Waals surface area (Å²) in [5.74, 6) is -0.856. The van der Waals surface area contributed by atoms with Crippen LogP contribution in [-0.2, 0) is 19.1 Å². The largest absolute Gasteiger partial charge is 0.488 e. The Bertz CT molecular complexity index is 781. The molecular formula is C16H16BrN3O6S. The molecule has 2 heterocycles. The fourth-order valence-electron chi connectivity index (χ4n) is 2.30. The Morgan fingerprint density at radius 1 is 1.44 bits per heavy atom. The molecule has 1 aromatic rings. The maximum absolute atomic E-state index is 11.7. The lowest BCUT2D eigenvalue weighted by Gasteiger charge is -2.12. The number of hydrogen-bond donors (Lipinski definition) is 2. The standard InChI is InChI=1S/C16H16BrN3O6S/c17-10-1-2-11(26-8-14-24-3-4-25-14)9(5-10)7-18-20-16-19-15(23)12(27-16)6-13(21)22/h1-2,5,7,12,14H,3-4,6,8H2,(H,21,22)(H,19,20,23). The van der Waals surface area contributed by atoms with Gasteiger partial charge in [-0.3, -0.25) is 9.59 Å². The number of amides is 1. The monoisotopic (exact) mass is 457 g/mol. The normalized spacial score (nSPS) is 21.9. The number of rotatable bonds is 7. The molecule has 1 amide bonds. The fraction of sp³-hybridized carbons (Fsp3) is 0.375. The third-order valence-electron chi connectivity index (χ3n) is 3.52. The van der Waals surface area contributed by atoms with Gasteiger partial charge in [0, 0.05) is 10.0 Å². The lowest BCUT2D eigenvalue weighted by atomic mass is 10.2. The van der Waals surface area contributed by atoms with Gasteiger partial charge >= 0.3 is 5.97 Å². The second-order valence-electron chi connectivity index (χ2n) is 5.51. The van der Waals surface area contributed by atoms with Crippen molar-refractivity contribution in [3.8, 4) is 5.75 Å². The average molecular weight is 458 g/mol. The maximum Gasteiger partial charge on any atom is 0.305 e. The summed E-state index contributed by atoms with van der Waals surface area (Å²) in [5, 5.41) is 18.8. The first kappa shape index (κ1) is 19.8. The Hall–Kier alpha value is -1.95. The van der Waals surface area contributed by atoms with Gasteiger partial charge in [-0.1, -0.05) is 27.7 Å². The minimum Gasteiger partial charge on any atom is -0.488 e. The van der Waals surface area contributed by atoms with Crippen molar-refractivity contribution in [1.29, 1.82) is 0 Å². The lowest BCUT2D eigenvalue weighted by molar-refractivity contribution is -0.138. The van der Waals surface area contributed by atoms with Crippen LogP contribution in [0.15, 0.2) is 32.9 Å². The molecule has 2 saturated heterocycles. The van der Waals surface area contributed by atoms with Crippen LogP contribution in [0.2, 0.25) is 0 Å². The summed E-state index contributed by atoms with van der Waals surface area (Å²) in [6.07, 6.45) is 0.824. The van der Waals surface area contributed by atoms with Gasteiger partial charge in [-0.15, -0.1) is 5.10 Å². The third-order valence-corrected chi connectivity index (χ3v) is 5.08. The highest BCUT2D eigenvalue weighted by Crippen LogP contribution is 2.24. The summed E-state index contributed by atoms with van der Waals surface area (Å²) in [6, 6.07) is 5.42. The van der Waals surface area contributed by atoms with E-state index in [1.807, 2.05) is 12.1 Å².